The van der Waals surface area contributed by atoms with Crippen molar-refractivity contribution in [1.82, 2.24) is 9.88 Å². The summed E-state index contributed by atoms with van der Waals surface area (Å²) in [7, 11) is 0. The highest BCUT2D eigenvalue weighted by molar-refractivity contribution is 5.85. The Hall–Kier alpha value is -2.11. The Bertz CT molecular complexity index is 549. The van der Waals surface area contributed by atoms with Gasteiger partial charge < -0.3 is 14.7 Å². The quantitative estimate of drug-likeness (QED) is 0.850. The van der Waals surface area contributed by atoms with E-state index < -0.39 is 11.6 Å². The molecule has 1 aromatic heterocycles. The van der Waals surface area contributed by atoms with Crippen LogP contribution in [0.5, 0.6) is 0 Å². The Morgan fingerprint density at radius 2 is 2.05 bits per heavy atom. The zero-order chi connectivity index (χ0) is 14.9. The van der Waals surface area contributed by atoms with Crippen molar-refractivity contribution in [2.45, 2.75) is 39.3 Å². The van der Waals surface area contributed by atoms with Gasteiger partial charge in [0, 0.05) is 12.7 Å². The summed E-state index contributed by atoms with van der Waals surface area (Å²) < 4.78 is 5.33. The number of carboxylic acid groups (broad SMARTS) is 1. The number of aromatic carboxylic acids is 1. The molecular formula is C14H18N2O4. The minimum absolute atomic E-state index is 0.0365. The van der Waals surface area contributed by atoms with E-state index in [9.17, 15) is 9.59 Å². The van der Waals surface area contributed by atoms with E-state index in [1.165, 1.54) is 6.20 Å². The molecule has 0 aliphatic carbocycles. The van der Waals surface area contributed by atoms with Crippen LogP contribution in [0.1, 0.15) is 42.4 Å². The lowest BCUT2D eigenvalue weighted by Gasteiger charge is -2.31. The van der Waals surface area contributed by atoms with Gasteiger partial charge in [0.15, 0.2) is 0 Å². The van der Waals surface area contributed by atoms with Crippen molar-refractivity contribution < 1.29 is 19.4 Å². The molecule has 0 saturated heterocycles. The van der Waals surface area contributed by atoms with E-state index in [2.05, 4.69) is 4.98 Å². The number of amides is 1. The van der Waals surface area contributed by atoms with Gasteiger partial charge in [-0.05, 0) is 44.4 Å². The van der Waals surface area contributed by atoms with Gasteiger partial charge in [0.1, 0.15) is 11.3 Å². The second-order valence-corrected chi connectivity index (χ2v) is 5.80. The Balaban J connectivity index is 2.12. The second kappa shape index (κ2) is 5.11. The first-order valence-electron chi connectivity index (χ1n) is 6.45. The van der Waals surface area contributed by atoms with Crippen LogP contribution in [0.15, 0.2) is 12.3 Å². The minimum Gasteiger partial charge on any atom is -0.477 e. The molecule has 0 aromatic carbocycles. The van der Waals surface area contributed by atoms with Crippen LogP contribution in [0.4, 0.5) is 4.79 Å². The van der Waals surface area contributed by atoms with Crippen LogP contribution >= 0.6 is 0 Å². The molecular weight excluding hydrogens is 260 g/mol. The lowest BCUT2D eigenvalue weighted by Crippen LogP contribution is -2.40. The molecule has 1 amide bonds. The molecule has 6 heteroatoms. The van der Waals surface area contributed by atoms with E-state index in [0.29, 0.717) is 19.5 Å². The molecule has 0 spiro atoms. The number of fused-ring (bicyclic) bond motifs is 1. The maximum atomic E-state index is 12.0. The van der Waals surface area contributed by atoms with Gasteiger partial charge >= 0.3 is 12.1 Å². The zero-order valence-electron chi connectivity index (χ0n) is 11.8. The first kappa shape index (κ1) is 14.3. The standard InChI is InChI=1S/C14H18N2O4/c1-14(2,3)20-13(19)16-5-4-9-6-11(12(17)18)15-7-10(9)8-16/h6-7H,4-5,8H2,1-3H3,(H,17,18). The van der Waals surface area contributed by atoms with Gasteiger partial charge in [0.05, 0.1) is 6.54 Å². The average Bonchev–Trinajstić information content (AvgIpc) is 2.35. The van der Waals surface area contributed by atoms with Gasteiger partial charge in [0.25, 0.3) is 0 Å². The molecule has 2 heterocycles. The lowest BCUT2D eigenvalue weighted by molar-refractivity contribution is 0.0223. The Kier molecular flexibility index (Phi) is 3.65. The monoisotopic (exact) mass is 278 g/mol. The summed E-state index contributed by atoms with van der Waals surface area (Å²) >= 11 is 0. The Labute approximate surface area is 117 Å². The highest BCUT2D eigenvalue weighted by Gasteiger charge is 2.26. The van der Waals surface area contributed by atoms with Gasteiger partial charge in [-0.1, -0.05) is 0 Å². The largest absolute Gasteiger partial charge is 0.477 e. The van der Waals surface area contributed by atoms with E-state index in [0.717, 1.165) is 11.1 Å². The first-order valence-corrected chi connectivity index (χ1v) is 6.45. The van der Waals surface area contributed by atoms with Crippen molar-refractivity contribution >= 4 is 12.1 Å². The lowest BCUT2D eigenvalue weighted by atomic mass is 10.0. The molecule has 0 bridgehead atoms. The summed E-state index contributed by atoms with van der Waals surface area (Å²) in [5, 5.41) is 8.91. The Morgan fingerprint density at radius 1 is 1.35 bits per heavy atom. The van der Waals surface area contributed by atoms with E-state index in [-0.39, 0.29) is 11.8 Å². The van der Waals surface area contributed by atoms with Crippen LogP contribution in [0.2, 0.25) is 0 Å². The number of nitrogens with zero attached hydrogens (tertiary/aromatic N) is 2. The molecule has 108 valence electrons. The first-order chi connectivity index (χ1) is 9.26. The van der Waals surface area contributed by atoms with Crippen molar-refractivity contribution in [1.29, 1.82) is 0 Å². The second-order valence-electron chi connectivity index (χ2n) is 5.80. The topological polar surface area (TPSA) is 79.7 Å². The molecule has 20 heavy (non-hydrogen) atoms. The van der Waals surface area contributed by atoms with Gasteiger partial charge in [-0.2, -0.15) is 0 Å². The summed E-state index contributed by atoms with van der Waals surface area (Å²) in [6.07, 6.45) is 1.78. The molecule has 1 aromatic rings. The Morgan fingerprint density at radius 3 is 2.65 bits per heavy atom. The van der Waals surface area contributed by atoms with Crippen molar-refractivity contribution in [3.63, 3.8) is 0 Å². The number of pyridine rings is 1. The molecule has 0 atom stereocenters. The number of hydrogen-bond donors (Lipinski definition) is 1. The SMILES string of the molecule is CC(C)(C)OC(=O)N1CCc2cc(C(=O)O)ncc2C1. The summed E-state index contributed by atoms with van der Waals surface area (Å²) in [5.41, 5.74) is 1.31. The number of carbonyl (C=O) groups excluding carboxylic acids is 1. The number of carboxylic acids is 1. The molecule has 1 aliphatic rings. The fourth-order valence-corrected chi connectivity index (χ4v) is 2.04. The van der Waals surface area contributed by atoms with Crippen molar-refractivity contribution in [2.24, 2.45) is 0 Å². The number of hydrogen-bond acceptors (Lipinski definition) is 4. The zero-order valence-corrected chi connectivity index (χ0v) is 11.8. The van der Waals surface area contributed by atoms with E-state index in [1.807, 2.05) is 20.8 Å². The average molecular weight is 278 g/mol. The third kappa shape index (κ3) is 3.26. The molecule has 0 radical (unpaired) electrons. The minimum atomic E-state index is -1.04. The summed E-state index contributed by atoms with van der Waals surface area (Å²) in [6.45, 7) is 6.39. The summed E-state index contributed by atoms with van der Waals surface area (Å²) in [5.74, 6) is -1.04. The summed E-state index contributed by atoms with van der Waals surface area (Å²) in [6, 6.07) is 1.57. The molecule has 0 fully saturated rings. The van der Waals surface area contributed by atoms with E-state index in [4.69, 9.17) is 9.84 Å². The highest BCUT2D eigenvalue weighted by Crippen LogP contribution is 2.21. The number of ether oxygens (including phenoxy) is 1. The maximum absolute atomic E-state index is 12.0. The van der Waals surface area contributed by atoms with Crippen LogP contribution in [0, 0.1) is 0 Å². The smallest absolute Gasteiger partial charge is 0.410 e. The van der Waals surface area contributed by atoms with E-state index in [1.54, 1.807) is 11.0 Å². The molecule has 0 saturated carbocycles. The van der Waals surface area contributed by atoms with Gasteiger partial charge in [0.2, 0.25) is 0 Å². The highest BCUT2D eigenvalue weighted by atomic mass is 16.6. The van der Waals surface area contributed by atoms with Crippen LogP contribution in [0.25, 0.3) is 0 Å². The maximum Gasteiger partial charge on any atom is 0.410 e. The number of carbonyl (C=O) groups is 2. The molecule has 1 N–H and O–H groups in total. The van der Waals surface area contributed by atoms with Crippen LogP contribution in [-0.4, -0.2) is 39.2 Å². The van der Waals surface area contributed by atoms with Gasteiger partial charge in [-0.3, -0.25) is 0 Å². The predicted molar refractivity (Wildman–Crippen MR) is 71.5 cm³/mol. The number of rotatable bonds is 1. The van der Waals surface area contributed by atoms with E-state index >= 15 is 0 Å². The molecule has 0 unspecified atom stereocenters. The third-order valence-electron chi connectivity index (χ3n) is 2.97. The third-order valence-corrected chi connectivity index (χ3v) is 2.97. The van der Waals surface area contributed by atoms with Crippen LogP contribution in [0.3, 0.4) is 0 Å². The molecule has 6 nitrogen and oxygen atoms in total. The molecule has 2 rings (SSSR count). The summed E-state index contributed by atoms with van der Waals surface area (Å²) in [4.78, 5) is 28.3. The molecule has 1 aliphatic heterocycles. The normalized spacial score (nSPS) is 14.7. The fourth-order valence-electron chi connectivity index (χ4n) is 2.04. The predicted octanol–water partition coefficient (Wildman–Crippen LogP) is 2.07. The number of aromatic nitrogens is 1. The van der Waals surface area contributed by atoms with Crippen molar-refractivity contribution in [2.75, 3.05) is 6.54 Å². The van der Waals surface area contributed by atoms with Crippen LogP contribution < -0.4 is 0 Å². The van der Waals surface area contributed by atoms with Gasteiger partial charge in [-0.15, -0.1) is 0 Å². The fraction of sp³-hybridized carbons (Fsp3) is 0.500. The van der Waals surface area contributed by atoms with Crippen LogP contribution in [-0.2, 0) is 17.7 Å². The van der Waals surface area contributed by atoms with Crippen molar-refractivity contribution in [3.05, 3.63) is 29.1 Å². The van der Waals surface area contributed by atoms with Gasteiger partial charge in [-0.25, -0.2) is 14.6 Å². The van der Waals surface area contributed by atoms with Crippen molar-refractivity contribution in [3.8, 4) is 0 Å².